The van der Waals surface area contributed by atoms with Gasteiger partial charge >= 0.3 is 0 Å². The number of thiophene rings is 1. The number of benzene rings is 2. The van der Waals surface area contributed by atoms with E-state index in [2.05, 4.69) is 0 Å². The second-order valence-electron chi connectivity index (χ2n) is 7.81. The van der Waals surface area contributed by atoms with Crippen molar-refractivity contribution in [3.63, 3.8) is 0 Å². The molecule has 32 heavy (non-hydrogen) atoms. The van der Waals surface area contributed by atoms with Crippen LogP contribution in [0.1, 0.15) is 27.6 Å². The van der Waals surface area contributed by atoms with Gasteiger partial charge in [-0.2, -0.15) is 0 Å². The number of anilines is 1. The molecule has 1 aromatic heterocycles. The van der Waals surface area contributed by atoms with Gasteiger partial charge in [0.15, 0.2) is 11.5 Å². The Balaban J connectivity index is 1.67. The third kappa shape index (κ3) is 3.26. The number of ether oxygens (including phenoxy) is 2. The topological polar surface area (TPSA) is 76.1 Å². The maximum absolute atomic E-state index is 13.2. The molecule has 6 nitrogen and oxygen atoms in total. The normalized spacial score (nSPS) is 19.4. The van der Waals surface area contributed by atoms with Gasteiger partial charge < -0.3 is 14.6 Å². The van der Waals surface area contributed by atoms with E-state index >= 15 is 0 Å². The molecule has 7 heteroatoms. The van der Waals surface area contributed by atoms with Gasteiger partial charge in [0.25, 0.3) is 11.7 Å². The molecule has 2 aliphatic rings. The minimum atomic E-state index is -0.717. The summed E-state index contributed by atoms with van der Waals surface area (Å²) in [5.74, 6) is -0.528. The lowest BCUT2D eigenvalue weighted by Gasteiger charge is -2.25. The fraction of sp³-hybridized carbons (Fsp3) is 0.200. The number of aryl methyl sites for hydroxylation is 2. The summed E-state index contributed by atoms with van der Waals surface area (Å²) in [6, 6.07) is 13.7. The van der Waals surface area contributed by atoms with Crippen molar-refractivity contribution < 1.29 is 24.2 Å². The maximum Gasteiger partial charge on any atom is 0.300 e. The lowest BCUT2D eigenvalue weighted by atomic mass is 9.99. The minimum absolute atomic E-state index is 0.0624. The van der Waals surface area contributed by atoms with E-state index in [0.717, 1.165) is 16.0 Å². The zero-order valence-corrected chi connectivity index (χ0v) is 18.4. The summed E-state index contributed by atoms with van der Waals surface area (Å²) in [6.45, 7) is 4.82. The van der Waals surface area contributed by atoms with E-state index in [9.17, 15) is 14.7 Å². The molecule has 1 saturated heterocycles. The first-order valence-corrected chi connectivity index (χ1v) is 11.2. The van der Waals surface area contributed by atoms with Crippen LogP contribution in [0.4, 0.5) is 5.69 Å². The standard InChI is InChI=1S/C25H21NO5S/c1-14-5-7-17(12-15(14)2)26-22(20-4-3-11-32-20)21(24(28)25(26)29)23(27)16-6-8-18-19(13-16)31-10-9-30-18/h3-8,11-13,22,27H,9-10H2,1-2H3/b23-21-. The van der Waals surface area contributed by atoms with Crippen molar-refractivity contribution in [2.75, 3.05) is 18.1 Å². The molecule has 3 aromatic rings. The lowest BCUT2D eigenvalue weighted by molar-refractivity contribution is -0.132. The molecule has 3 heterocycles. The monoisotopic (exact) mass is 447 g/mol. The summed E-state index contributed by atoms with van der Waals surface area (Å²) in [5, 5.41) is 13.1. The quantitative estimate of drug-likeness (QED) is 0.356. The second kappa shape index (κ2) is 7.84. The zero-order valence-electron chi connectivity index (χ0n) is 17.6. The number of carbonyl (C=O) groups excluding carboxylic acids is 2. The average Bonchev–Trinajstić information content (AvgIpc) is 3.42. The van der Waals surface area contributed by atoms with Crippen LogP contribution in [0.5, 0.6) is 11.5 Å². The summed E-state index contributed by atoms with van der Waals surface area (Å²) in [4.78, 5) is 28.6. The van der Waals surface area contributed by atoms with Crippen LogP contribution < -0.4 is 14.4 Å². The highest BCUT2D eigenvalue weighted by atomic mass is 32.1. The number of hydrogen-bond acceptors (Lipinski definition) is 6. The van der Waals surface area contributed by atoms with E-state index in [1.165, 1.54) is 16.2 Å². The van der Waals surface area contributed by atoms with Crippen LogP contribution in [0.2, 0.25) is 0 Å². The molecule has 1 N–H and O–H groups in total. The van der Waals surface area contributed by atoms with Gasteiger partial charge in [0, 0.05) is 16.1 Å². The predicted octanol–water partition coefficient (Wildman–Crippen LogP) is 4.76. The summed E-state index contributed by atoms with van der Waals surface area (Å²) in [5.41, 5.74) is 3.19. The van der Waals surface area contributed by atoms with Gasteiger partial charge in [-0.3, -0.25) is 14.5 Å². The second-order valence-corrected chi connectivity index (χ2v) is 8.79. The molecule has 0 saturated carbocycles. The number of aliphatic hydroxyl groups is 1. The highest BCUT2D eigenvalue weighted by molar-refractivity contribution is 7.10. The number of fused-ring (bicyclic) bond motifs is 1. The molecule has 5 rings (SSSR count). The van der Waals surface area contributed by atoms with Gasteiger partial charge in [-0.05, 0) is 66.8 Å². The van der Waals surface area contributed by atoms with Gasteiger partial charge in [0.05, 0.1) is 5.57 Å². The zero-order chi connectivity index (χ0) is 22.4. The van der Waals surface area contributed by atoms with Crippen LogP contribution >= 0.6 is 11.3 Å². The fourth-order valence-electron chi connectivity index (χ4n) is 4.04. The van der Waals surface area contributed by atoms with Crippen molar-refractivity contribution in [1.82, 2.24) is 0 Å². The molecule has 1 fully saturated rings. The third-order valence-corrected chi connectivity index (χ3v) is 6.77. The van der Waals surface area contributed by atoms with Gasteiger partial charge in [0.1, 0.15) is 25.0 Å². The molecule has 2 aliphatic heterocycles. The molecule has 1 amide bonds. The largest absolute Gasteiger partial charge is 0.507 e. The van der Waals surface area contributed by atoms with Gasteiger partial charge in [0.2, 0.25) is 0 Å². The number of rotatable bonds is 3. The Bertz CT molecular complexity index is 1260. The number of aliphatic hydroxyl groups excluding tert-OH is 1. The molecule has 1 atom stereocenters. The van der Waals surface area contributed by atoms with Crippen LogP contribution in [0.25, 0.3) is 5.76 Å². The van der Waals surface area contributed by atoms with E-state index in [4.69, 9.17) is 9.47 Å². The van der Waals surface area contributed by atoms with Crippen molar-refractivity contribution in [3.05, 3.63) is 81.1 Å². The van der Waals surface area contributed by atoms with E-state index in [1.54, 1.807) is 18.2 Å². The Kier molecular flexibility index (Phi) is 4.98. The number of Topliss-reactive ketones (excluding diaryl/α,β-unsaturated/α-hetero) is 1. The van der Waals surface area contributed by atoms with E-state index < -0.39 is 17.7 Å². The summed E-state index contributed by atoms with van der Waals surface area (Å²) in [7, 11) is 0. The maximum atomic E-state index is 13.2. The van der Waals surface area contributed by atoms with Crippen molar-refractivity contribution >= 4 is 34.5 Å². The Labute approximate surface area is 189 Å². The predicted molar refractivity (Wildman–Crippen MR) is 122 cm³/mol. The van der Waals surface area contributed by atoms with E-state index in [1.807, 2.05) is 49.6 Å². The fourth-order valence-corrected chi connectivity index (χ4v) is 4.86. The Morgan fingerprint density at radius 3 is 2.50 bits per heavy atom. The molecule has 0 radical (unpaired) electrons. The molecular weight excluding hydrogens is 426 g/mol. The van der Waals surface area contributed by atoms with Crippen LogP contribution in [0, 0.1) is 13.8 Å². The van der Waals surface area contributed by atoms with Gasteiger partial charge in [-0.15, -0.1) is 11.3 Å². The summed E-state index contributed by atoms with van der Waals surface area (Å²) < 4.78 is 11.2. The first kappa shape index (κ1) is 20.3. The Morgan fingerprint density at radius 1 is 1.00 bits per heavy atom. The number of hydrogen-bond donors (Lipinski definition) is 1. The summed E-state index contributed by atoms with van der Waals surface area (Å²) >= 11 is 1.43. The molecule has 0 aliphatic carbocycles. The first-order valence-electron chi connectivity index (χ1n) is 10.3. The smallest absolute Gasteiger partial charge is 0.300 e. The van der Waals surface area contributed by atoms with Gasteiger partial charge in [-0.1, -0.05) is 12.1 Å². The molecule has 0 bridgehead atoms. The minimum Gasteiger partial charge on any atom is -0.507 e. The van der Waals surface area contributed by atoms with Crippen molar-refractivity contribution in [2.45, 2.75) is 19.9 Å². The van der Waals surface area contributed by atoms with Crippen molar-refractivity contribution in [3.8, 4) is 11.5 Å². The Hall–Kier alpha value is -3.58. The van der Waals surface area contributed by atoms with E-state index in [-0.39, 0.29) is 11.3 Å². The third-order valence-electron chi connectivity index (χ3n) is 5.84. The molecular formula is C25H21NO5S. The Morgan fingerprint density at radius 2 is 1.78 bits per heavy atom. The SMILES string of the molecule is Cc1ccc(N2C(=O)C(=O)/C(=C(\O)c3ccc4c(c3)OCCO4)C2c2cccs2)cc1C. The highest BCUT2D eigenvalue weighted by Gasteiger charge is 2.47. The molecule has 1 unspecified atom stereocenters. The number of nitrogens with zero attached hydrogens (tertiary/aromatic N) is 1. The highest BCUT2D eigenvalue weighted by Crippen LogP contribution is 2.44. The number of ketones is 1. The van der Waals surface area contributed by atoms with Crippen molar-refractivity contribution in [2.24, 2.45) is 0 Å². The van der Waals surface area contributed by atoms with Crippen LogP contribution in [0.3, 0.4) is 0 Å². The summed E-state index contributed by atoms with van der Waals surface area (Å²) in [6.07, 6.45) is 0. The molecule has 2 aromatic carbocycles. The average molecular weight is 448 g/mol. The van der Waals surface area contributed by atoms with Crippen LogP contribution in [-0.4, -0.2) is 30.0 Å². The van der Waals surface area contributed by atoms with Crippen LogP contribution in [-0.2, 0) is 9.59 Å². The van der Waals surface area contributed by atoms with Gasteiger partial charge in [-0.25, -0.2) is 0 Å². The van der Waals surface area contributed by atoms with E-state index in [0.29, 0.717) is 36.0 Å². The number of amides is 1. The first-order chi connectivity index (χ1) is 15.5. The van der Waals surface area contributed by atoms with Crippen molar-refractivity contribution in [1.29, 1.82) is 0 Å². The molecule has 162 valence electrons. The lowest BCUT2D eigenvalue weighted by Crippen LogP contribution is -2.29. The van der Waals surface area contributed by atoms with Crippen LogP contribution in [0.15, 0.2) is 59.5 Å². The molecule has 0 spiro atoms. The number of carbonyl (C=O) groups is 2.